The summed E-state index contributed by atoms with van der Waals surface area (Å²) in [5.41, 5.74) is 3.17. The van der Waals surface area contributed by atoms with Gasteiger partial charge < -0.3 is 18.6 Å². The highest BCUT2D eigenvalue weighted by molar-refractivity contribution is 5.92. The van der Waals surface area contributed by atoms with E-state index >= 15 is 0 Å². The molecule has 1 aliphatic rings. The minimum Gasteiger partial charge on any atom is -0.484 e. The van der Waals surface area contributed by atoms with Crippen LogP contribution in [0, 0.1) is 20.8 Å². The first-order chi connectivity index (χ1) is 15.9. The summed E-state index contributed by atoms with van der Waals surface area (Å²) in [6, 6.07) is 13.3. The summed E-state index contributed by atoms with van der Waals surface area (Å²) in [5, 5.41) is 8.49. The van der Waals surface area contributed by atoms with Gasteiger partial charge in [0, 0.05) is 18.8 Å². The number of aryl methyl sites for hydroxylation is 3. The lowest BCUT2D eigenvalue weighted by Gasteiger charge is -2.36. The molecule has 0 bridgehead atoms. The molecule has 0 saturated carbocycles. The standard InChI is InChI=1S/C24H25N5O4/c1-15-4-6-19(7-5-15)31-14-22-25-23(27-33-22)18-11-28(12-18)24(30)21-9-8-20(32-21)13-29-17(3)10-16(2)26-29/h4-10,18H,11-14H2,1-3H3. The second-order valence-corrected chi connectivity index (χ2v) is 8.41. The molecule has 3 aromatic heterocycles. The van der Waals surface area contributed by atoms with Crippen molar-refractivity contribution in [3.05, 3.63) is 82.7 Å². The van der Waals surface area contributed by atoms with E-state index in [1.54, 1.807) is 11.0 Å². The Hall–Kier alpha value is -3.88. The molecule has 0 spiro atoms. The molecule has 1 aromatic carbocycles. The predicted molar refractivity (Wildman–Crippen MR) is 118 cm³/mol. The van der Waals surface area contributed by atoms with Crippen LogP contribution in [0.15, 0.2) is 51.4 Å². The fraction of sp³-hybridized carbons (Fsp3) is 0.333. The van der Waals surface area contributed by atoms with Crippen molar-refractivity contribution in [2.24, 2.45) is 0 Å². The number of hydrogen-bond acceptors (Lipinski definition) is 7. The van der Waals surface area contributed by atoms with E-state index < -0.39 is 0 Å². The molecule has 1 fully saturated rings. The Morgan fingerprint density at radius 1 is 1.12 bits per heavy atom. The third-order valence-electron chi connectivity index (χ3n) is 5.68. The second kappa shape index (κ2) is 8.57. The summed E-state index contributed by atoms with van der Waals surface area (Å²) < 4.78 is 18.6. The van der Waals surface area contributed by atoms with Crippen LogP contribution in [0.2, 0.25) is 0 Å². The van der Waals surface area contributed by atoms with Gasteiger partial charge in [-0.2, -0.15) is 10.1 Å². The Bertz CT molecular complexity index is 1260. The number of ether oxygens (including phenoxy) is 1. The lowest BCUT2D eigenvalue weighted by Crippen LogP contribution is -2.48. The Kier molecular flexibility index (Phi) is 5.45. The molecule has 0 N–H and O–H groups in total. The molecule has 0 atom stereocenters. The average molecular weight is 447 g/mol. The van der Waals surface area contributed by atoms with Gasteiger partial charge in [0.15, 0.2) is 18.2 Å². The van der Waals surface area contributed by atoms with E-state index in [1.165, 1.54) is 5.56 Å². The van der Waals surface area contributed by atoms with E-state index in [-0.39, 0.29) is 18.4 Å². The Balaban J connectivity index is 1.13. The monoisotopic (exact) mass is 447 g/mol. The summed E-state index contributed by atoms with van der Waals surface area (Å²) in [7, 11) is 0. The maximum Gasteiger partial charge on any atom is 0.289 e. The molecule has 1 amide bonds. The van der Waals surface area contributed by atoms with Gasteiger partial charge in [0.2, 0.25) is 0 Å². The lowest BCUT2D eigenvalue weighted by atomic mass is 9.99. The lowest BCUT2D eigenvalue weighted by molar-refractivity contribution is 0.0557. The first-order valence-electron chi connectivity index (χ1n) is 10.9. The number of aromatic nitrogens is 4. The molecular weight excluding hydrogens is 422 g/mol. The molecule has 0 radical (unpaired) electrons. The molecule has 170 valence electrons. The number of likely N-dealkylation sites (tertiary alicyclic amines) is 1. The minimum absolute atomic E-state index is 0.0370. The Morgan fingerprint density at radius 3 is 2.64 bits per heavy atom. The van der Waals surface area contributed by atoms with Crippen molar-refractivity contribution in [2.75, 3.05) is 13.1 Å². The summed E-state index contributed by atoms with van der Waals surface area (Å²) in [6.07, 6.45) is 0. The molecule has 33 heavy (non-hydrogen) atoms. The molecule has 5 rings (SSSR count). The van der Waals surface area contributed by atoms with Crippen LogP contribution in [0.3, 0.4) is 0 Å². The number of carbonyl (C=O) groups excluding carboxylic acids is 1. The smallest absolute Gasteiger partial charge is 0.289 e. The van der Waals surface area contributed by atoms with Crippen molar-refractivity contribution in [2.45, 2.75) is 39.8 Å². The predicted octanol–water partition coefficient (Wildman–Crippen LogP) is 3.65. The summed E-state index contributed by atoms with van der Waals surface area (Å²) in [4.78, 5) is 18.9. The number of hydrogen-bond donors (Lipinski definition) is 0. The zero-order valence-electron chi connectivity index (χ0n) is 18.8. The minimum atomic E-state index is -0.141. The first-order valence-corrected chi connectivity index (χ1v) is 10.9. The Morgan fingerprint density at radius 2 is 1.91 bits per heavy atom. The van der Waals surface area contributed by atoms with Gasteiger partial charge in [0.05, 0.1) is 18.2 Å². The van der Waals surface area contributed by atoms with Gasteiger partial charge >= 0.3 is 0 Å². The second-order valence-electron chi connectivity index (χ2n) is 8.41. The van der Waals surface area contributed by atoms with Gasteiger partial charge in [-0.05, 0) is 51.1 Å². The number of furan rings is 1. The molecule has 0 unspecified atom stereocenters. The maximum absolute atomic E-state index is 12.8. The van der Waals surface area contributed by atoms with Crippen molar-refractivity contribution in [1.29, 1.82) is 0 Å². The Labute approximate surface area is 191 Å². The van der Waals surface area contributed by atoms with Gasteiger partial charge in [-0.3, -0.25) is 9.48 Å². The van der Waals surface area contributed by atoms with Gasteiger partial charge in [-0.1, -0.05) is 22.9 Å². The molecule has 4 aromatic rings. The number of rotatable bonds is 7. The quantitative estimate of drug-likeness (QED) is 0.426. The highest BCUT2D eigenvalue weighted by Gasteiger charge is 2.36. The van der Waals surface area contributed by atoms with Gasteiger partial charge in [-0.25, -0.2) is 0 Å². The summed E-state index contributed by atoms with van der Waals surface area (Å²) >= 11 is 0. The van der Waals surface area contributed by atoms with Crippen LogP contribution >= 0.6 is 0 Å². The highest BCUT2D eigenvalue weighted by Crippen LogP contribution is 2.27. The molecule has 1 aliphatic heterocycles. The fourth-order valence-corrected chi connectivity index (χ4v) is 3.80. The SMILES string of the molecule is Cc1ccc(OCc2nc(C3CN(C(=O)c4ccc(Cn5nc(C)cc5C)o4)C3)no2)cc1. The third kappa shape index (κ3) is 4.52. The van der Waals surface area contributed by atoms with Crippen LogP contribution in [-0.2, 0) is 13.2 Å². The third-order valence-corrected chi connectivity index (χ3v) is 5.68. The van der Waals surface area contributed by atoms with Crippen LogP contribution in [0.25, 0.3) is 0 Å². The van der Waals surface area contributed by atoms with Gasteiger partial charge in [-0.15, -0.1) is 0 Å². The fourth-order valence-electron chi connectivity index (χ4n) is 3.80. The molecule has 4 heterocycles. The topological polar surface area (TPSA) is 99.4 Å². The van der Waals surface area contributed by atoms with E-state index in [4.69, 9.17) is 13.7 Å². The zero-order valence-corrected chi connectivity index (χ0v) is 18.8. The summed E-state index contributed by atoms with van der Waals surface area (Å²) in [5.74, 6) is 2.66. The zero-order chi connectivity index (χ0) is 22.9. The molecule has 0 aliphatic carbocycles. The van der Waals surface area contributed by atoms with Crippen LogP contribution in [0.5, 0.6) is 5.75 Å². The molecule has 1 saturated heterocycles. The normalized spacial score (nSPS) is 13.8. The van der Waals surface area contributed by atoms with E-state index in [9.17, 15) is 4.79 Å². The highest BCUT2D eigenvalue weighted by atomic mass is 16.5. The van der Waals surface area contributed by atoms with Crippen molar-refractivity contribution in [3.63, 3.8) is 0 Å². The molecular formula is C24H25N5O4. The van der Waals surface area contributed by atoms with Crippen LogP contribution in [0.4, 0.5) is 0 Å². The van der Waals surface area contributed by atoms with Crippen LogP contribution < -0.4 is 4.74 Å². The van der Waals surface area contributed by atoms with Gasteiger partial charge in [0.25, 0.3) is 11.8 Å². The maximum atomic E-state index is 12.8. The number of nitrogens with zero attached hydrogens (tertiary/aromatic N) is 5. The van der Waals surface area contributed by atoms with Crippen LogP contribution in [-0.4, -0.2) is 43.8 Å². The van der Waals surface area contributed by atoms with Crippen molar-refractivity contribution in [3.8, 4) is 5.75 Å². The van der Waals surface area contributed by atoms with Crippen molar-refractivity contribution < 1.29 is 18.5 Å². The van der Waals surface area contributed by atoms with Gasteiger partial charge in [0.1, 0.15) is 11.5 Å². The number of amides is 1. The number of carbonyl (C=O) groups is 1. The van der Waals surface area contributed by atoms with E-state index in [1.807, 2.05) is 61.9 Å². The summed E-state index contributed by atoms with van der Waals surface area (Å²) in [6.45, 7) is 7.70. The molecule has 9 nitrogen and oxygen atoms in total. The average Bonchev–Trinajstić information content (AvgIpc) is 3.48. The van der Waals surface area contributed by atoms with E-state index in [0.717, 1.165) is 17.1 Å². The van der Waals surface area contributed by atoms with Crippen LogP contribution in [0.1, 0.15) is 50.9 Å². The first kappa shape index (κ1) is 21.0. The van der Waals surface area contributed by atoms with Crippen molar-refractivity contribution in [1.82, 2.24) is 24.8 Å². The van der Waals surface area contributed by atoms with E-state index in [2.05, 4.69) is 15.2 Å². The molecule has 9 heteroatoms. The largest absolute Gasteiger partial charge is 0.484 e. The number of benzene rings is 1. The van der Waals surface area contributed by atoms with Crippen molar-refractivity contribution >= 4 is 5.91 Å². The van der Waals surface area contributed by atoms with E-state index in [0.29, 0.717) is 42.9 Å².